The number of carboxylic acid groups (broad SMARTS) is 2. The van der Waals surface area contributed by atoms with E-state index >= 15 is 0 Å². The Kier molecular flexibility index (Phi) is 23.1. The number of unbranched alkanes of at least 4 members (excludes halogenated alkanes) is 10. The fourth-order valence-corrected chi connectivity index (χ4v) is 6.06. The second-order valence-electron chi connectivity index (χ2n) is 7.11. The molecular weight excluding hydrogens is 447 g/mol. The fourth-order valence-electron chi connectivity index (χ4n) is 2.49. The van der Waals surface area contributed by atoms with Crippen LogP contribution in [0.4, 0.5) is 0 Å². The van der Waals surface area contributed by atoms with E-state index in [1.807, 2.05) is 0 Å². The number of hydrogen-bond acceptors (Lipinski definition) is 4. The molecule has 0 atom stereocenters. The minimum atomic E-state index is -1.48. The average molecular weight is 487 g/mol. The summed E-state index contributed by atoms with van der Waals surface area (Å²) in [6, 6.07) is 0. The monoisotopic (exact) mass is 488 g/mol. The molecule has 0 aliphatic heterocycles. The van der Waals surface area contributed by atoms with Crippen LogP contribution in [-0.4, -0.2) is 33.1 Å². The third kappa shape index (κ3) is 21.6. The van der Waals surface area contributed by atoms with Crippen LogP contribution in [0.3, 0.4) is 0 Å². The minimum absolute atomic E-state index is 0.0736. The van der Waals surface area contributed by atoms with Crippen LogP contribution in [0.25, 0.3) is 0 Å². The summed E-state index contributed by atoms with van der Waals surface area (Å²) in [6.07, 6.45) is 17.8. The van der Waals surface area contributed by atoms with E-state index < -0.39 is 11.9 Å². The molecule has 27 heavy (non-hydrogen) atoms. The zero-order chi connectivity index (χ0) is 20.9. The molecule has 0 N–H and O–H groups in total. The number of aliphatic carboxylic acids is 2. The second-order valence-corrected chi connectivity index (χ2v) is 11.4. The van der Waals surface area contributed by atoms with Gasteiger partial charge in [-0.25, -0.2) is 0 Å². The summed E-state index contributed by atoms with van der Waals surface area (Å²) in [6.45, 7) is 6.91. The van der Waals surface area contributed by atoms with Crippen LogP contribution in [0.5, 0.6) is 0 Å². The van der Waals surface area contributed by atoms with Gasteiger partial charge in [-0.15, -0.1) is 0 Å². The van der Waals surface area contributed by atoms with Gasteiger partial charge in [0.15, 0.2) is 0 Å². The van der Waals surface area contributed by atoms with Gasteiger partial charge >= 0.3 is 121 Å². The van der Waals surface area contributed by atoms with Gasteiger partial charge in [-0.05, 0) is 25.0 Å². The average Bonchev–Trinajstić information content (AvgIpc) is 2.64. The normalized spacial score (nSPS) is 11.1. The van der Waals surface area contributed by atoms with E-state index in [0.29, 0.717) is 0 Å². The van der Waals surface area contributed by atoms with Gasteiger partial charge in [-0.2, -0.15) is 0 Å². The molecule has 0 rings (SSSR count). The van der Waals surface area contributed by atoms with E-state index in [-0.39, 0.29) is 32.3 Å². The first-order chi connectivity index (χ1) is 12.9. The first kappa shape index (κ1) is 28.7. The fraction of sp³-hybridized carbons (Fsp3) is 0.818. The summed E-state index contributed by atoms with van der Waals surface area (Å²) >= 11 is 0.0736. The predicted molar refractivity (Wildman–Crippen MR) is 111 cm³/mol. The Morgan fingerprint density at radius 3 is 1.19 bits per heavy atom. The quantitative estimate of drug-likeness (QED) is 0.187. The zero-order valence-electron chi connectivity index (χ0n) is 18.0. The molecule has 0 aromatic rings. The maximum atomic E-state index is 9.99. The van der Waals surface area contributed by atoms with Gasteiger partial charge in [-0.1, -0.05) is 0 Å². The van der Waals surface area contributed by atoms with Crippen LogP contribution >= 0.6 is 0 Å². The van der Waals surface area contributed by atoms with Crippen molar-refractivity contribution in [3.63, 3.8) is 0 Å². The summed E-state index contributed by atoms with van der Waals surface area (Å²) < 4.78 is 3.31. The maximum absolute atomic E-state index is 9.99. The Morgan fingerprint density at radius 1 is 0.593 bits per heavy atom. The summed E-state index contributed by atoms with van der Waals surface area (Å²) in [5, 5.41) is 20.0. The number of carbonyl (C=O) groups excluding carboxylic acids is 2. The standard InChI is InChI=1S/2C8H17.C6H8O4.Sn/c2*1-3-5-7-8-6-4-2;1-3(5(7)8)4(2)6(9)10;/h2*1,3-8H2,2H3;1-2H3,(H,7,8)(H,9,10);/q;;;+2/p-2/b;;4-3-;. The van der Waals surface area contributed by atoms with Crippen LogP contribution < -0.4 is 10.2 Å². The second kappa shape index (κ2) is 21.8. The summed E-state index contributed by atoms with van der Waals surface area (Å²) in [5.41, 5.74) is -0.611. The van der Waals surface area contributed by atoms with Gasteiger partial charge in [0.1, 0.15) is 0 Å². The van der Waals surface area contributed by atoms with Crippen molar-refractivity contribution in [1.29, 1.82) is 0 Å². The SMILES string of the molecule is C/C(C(=O)[O-])=C(\C)C(=O)[O-].CCCCCCC[CH2][Sn+2][CH2]CCCCCCC. The number of rotatable bonds is 16. The summed E-state index contributed by atoms with van der Waals surface area (Å²) in [7, 11) is 0. The van der Waals surface area contributed by atoms with Crippen LogP contribution in [0.15, 0.2) is 11.1 Å². The van der Waals surface area contributed by atoms with Crippen molar-refractivity contribution < 1.29 is 19.8 Å². The summed E-state index contributed by atoms with van der Waals surface area (Å²) in [5.74, 6) is -2.97. The topological polar surface area (TPSA) is 80.3 Å². The molecule has 4 nitrogen and oxygen atoms in total. The molecule has 0 aromatic carbocycles. The molecule has 0 saturated carbocycles. The molecule has 0 fully saturated rings. The van der Waals surface area contributed by atoms with E-state index in [0.717, 1.165) is 13.8 Å². The molecule has 0 radical (unpaired) electrons. The molecule has 0 unspecified atom stereocenters. The van der Waals surface area contributed by atoms with Crippen LogP contribution in [0.2, 0.25) is 8.87 Å². The predicted octanol–water partition coefficient (Wildman–Crippen LogP) is 4.07. The van der Waals surface area contributed by atoms with Crippen molar-refractivity contribution in [2.45, 2.75) is 114 Å². The van der Waals surface area contributed by atoms with Crippen LogP contribution in [0, 0.1) is 0 Å². The molecule has 5 heteroatoms. The third-order valence-corrected chi connectivity index (χ3v) is 8.63. The van der Waals surface area contributed by atoms with Crippen molar-refractivity contribution in [3.8, 4) is 0 Å². The van der Waals surface area contributed by atoms with Crippen molar-refractivity contribution in [2.24, 2.45) is 0 Å². The van der Waals surface area contributed by atoms with E-state index in [1.165, 1.54) is 64.2 Å². The van der Waals surface area contributed by atoms with Gasteiger partial charge in [0.2, 0.25) is 0 Å². The third-order valence-electron chi connectivity index (χ3n) is 4.59. The molecule has 0 heterocycles. The molecule has 0 amide bonds. The number of carboxylic acids is 2. The first-order valence-electron chi connectivity index (χ1n) is 10.7. The molecule has 0 aliphatic carbocycles. The Bertz CT molecular complexity index is 369. The van der Waals surface area contributed by atoms with Crippen molar-refractivity contribution >= 4 is 33.1 Å². The van der Waals surface area contributed by atoms with Gasteiger partial charge in [0.25, 0.3) is 0 Å². The molecule has 0 spiro atoms. The Labute approximate surface area is 177 Å². The molecular formula is C22H40O4Sn. The molecule has 0 aliphatic rings. The van der Waals surface area contributed by atoms with Crippen LogP contribution in [-0.2, 0) is 9.59 Å². The van der Waals surface area contributed by atoms with Gasteiger partial charge in [0, 0.05) is 0 Å². The molecule has 156 valence electrons. The molecule has 0 aromatic heterocycles. The van der Waals surface area contributed by atoms with Gasteiger partial charge < -0.3 is 19.8 Å². The Balaban J connectivity index is 0. The zero-order valence-corrected chi connectivity index (χ0v) is 20.9. The van der Waals surface area contributed by atoms with E-state index in [2.05, 4.69) is 13.8 Å². The molecule has 0 saturated heterocycles. The molecule has 0 bridgehead atoms. The van der Waals surface area contributed by atoms with Crippen molar-refractivity contribution in [3.05, 3.63) is 11.1 Å². The van der Waals surface area contributed by atoms with E-state index in [1.54, 1.807) is 21.7 Å². The van der Waals surface area contributed by atoms with Crippen molar-refractivity contribution in [1.82, 2.24) is 0 Å². The first-order valence-corrected chi connectivity index (χ1v) is 14.7. The van der Waals surface area contributed by atoms with Crippen molar-refractivity contribution in [2.75, 3.05) is 0 Å². The number of hydrogen-bond donors (Lipinski definition) is 0. The van der Waals surface area contributed by atoms with E-state index in [9.17, 15) is 19.8 Å². The van der Waals surface area contributed by atoms with Crippen LogP contribution in [0.1, 0.15) is 105 Å². The summed E-state index contributed by atoms with van der Waals surface area (Å²) in [4.78, 5) is 20.0. The van der Waals surface area contributed by atoms with Gasteiger partial charge in [-0.3, -0.25) is 0 Å². The van der Waals surface area contributed by atoms with E-state index in [4.69, 9.17) is 0 Å². The Morgan fingerprint density at radius 2 is 0.889 bits per heavy atom. The van der Waals surface area contributed by atoms with Gasteiger partial charge in [0.05, 0.1) is 11.9 Å². The Hall–Kier alpha value is -0.521. The number of carbonyl (C=O) groups is 2.